The maximum atomic E-state index is 12.4. The third-order valence-corrected chi connectivity index (χ3v) is 4.31. The predicted molar refractivity (Wildman–Crippen MR) is 80.5 cm³/mol. The molecule has 1 fully saturated rings. The molecule has 0 saturated heterocycles. The summed E-state index contributed by atoms with van der Waals surface area (Å²) in [5.41, 5.74) is 2.25. The third-order valence-electron chi connectivity index (χ3n) is 4.02. The summed E-state index contributed by atoms with van der Waals surface area (Å²) in [6, 6.07) is 8.46. The van der Waals surface area contributed by atoms with Gasteiger partial charge in [0.05, 0.1) is 0 Å². The van der Waals surface area contributed by atoms with Gasteiger partial charge in [-0.25, -0.2) is 0 Å². The van der Waals surface area contributed by atoms with Crippen molar-refractivity contribution in [1.82, 2.24) is 5.32 Å². The number of carbonyl (C=O) groups is 1. The number of amides is 1. The smallest absolute Gasteiger partial charge is 0.285 e. The number of benzene rings is 1. The Balaban J connectivity index is 1.69. The average molecular weight is 274 g/mol. The second-order valence-electron chi connectivity index (χ2n) is 5.29. The Morgan fingerprint density at radius 2 is 2.00 bits per heavy atom. The first-order valence-corrected chi connectivity index (χ1v) is 7.37. The van der Waals surface area contributed by atoms with Gasteiger partial charge in [-0.3, -0.25) is 4.79 Å². The van der Waals surface area contributed by atoms with Crippen LogP contribution >= 0.6 is 12.2 Å². The number of hydrogen-bond acceptors (Lipinski definition) is 2. The van der Waals surface area contributed by atoms with Gasteiger partial charge in [0.15, 0.2) is 4.99 Å². The summed E-state index contributed by atoms with van der Waals surface area (Å²) in [6.45, 7) is 0.741. The molecule has 0 aromatic heterocycles. The molecule has 19 heavy (non-hydrogen) atoms. The number of nitrogens with one attached hydrogen (secondary N) is 1. The molecule has 100 valence electrons. The van der Waals surface area contributed by atoms with Crippen molar-refractivity contribution in [3.8, 4) is 0 Å². The highest BCUT2D eigenvalue weighted by Crippen LogP contribution is 2.27. The van der Waals surface area contributed by atoms with E-state index in [0.717, 1.165) is 31.5 Å². The fraction of sp³-hybridized carbons (Fsp3) is 0.467. The molecule has 1 aromatic rings. The first kappa shape index (κ1) is 12.6. The topological polar surface area (TPSA) is 32.3 Å². The molecule has 1 heterocycles. The van der Waals surface area contributed by atoms with Crippen LogP contribution in [0.4, 0.5) is 5.69 Å². The summed E-state index contributed by atoms with van der Waals surface area (Å²) < 4.78 is 0. The van der Waals surface area contributed by atoms with Gasteiger partial charge in [0.25, 0.3) is 5.91 Å². The molecular formula is C15H18N2OS. The van der Waals surface area contributed by atoms with Crippen molar-refractivity contribution in [3.63, 3.8) is 0 Å². The van der Waals surface area contributed by atoms with E-state index in [2.05, 4.69) is 11.4 Å². The molecule has 4 heteroatoms. The van der Waals surface area contributed by atoms with Crippen molar-refractivity contribution in [2.75, 3.05) is 11.4 Å². The van der Waals surface area contributed by atoms with Gasteiger partial charge in [0.2, 0.25) is 0 Å². The normalized spacial score (nSPS) is 18.4. The van der Waals surface area contributed by atoms with Gasteiger partial charge >= 0.3 is 0 Å². The van der Waals surface area contributed by atoms with E-state index in [9.17, 15) is 4.79 Å². The van der Waals surface area contributed by atoms with E-state index >= 15 is 0 Å². The summed E-state index contributed by atoms with van der Waals surface area (Å²) in [7, 11) is 0. The Morgan fingerprint density at radius 1 is 1.26 bits per heavy atom. The number of nitrogens with zero attached hydrogens (tertiary/aromatic N) is 1. The molecule has 0 spiro atoms. The molecule has 1 aromatic carbocycles. The average Bonchev–Trinajstić information content (AvgIpc) is 3.06. The van der Waals surface area contributed by atoms with Crippen molar-refractivity contribution < 1.29 is 4.79 Å². The number of rotatable bonds is 1. The summed E-state index contributed by atoms with van der Waals surface area (Å²) in [5.74, 6) is -0.0492. The second kappa shape index (κ2) is 5.29. The zero-order valence-electron chi connectivity index (χ0n) is 10.9. The molecule has 3 nitrogen and oxygen atoms in total. The van der Waals surface area contributed by atoms with E-state index in [1.807, 2.05) is 18.2 Å². The van der Waals surface area contributed by atoms with Crippen molar-refractivity contribution >= 4 is 28.8 Å². The number of thiocarbonyl (C=S) groups is 1. The highest BCUT2D eigenvalue weighted by molar-refractivity contribution is 7.82. The molecule has 0 bridgehead atoms. The first-order valence-electron chi connectivity index (χ1n) is 6.96. The lowest BCUT2D eigenvalue weighted by molar-refractivity contribution is -0.112. The summed E-state index contributed by atoms with van der Waals surface area (Å²) in [6.07, 6.45) is 5.66. The number of para-hydroxylation sites is 1. The molecular weight excluding hydrogens is 256 g/mol. The number of anilines is 1. The van der Waals surface area contributed by atoms with Crippen LogP contribution in [0, 0.1) is 0 Å². The second-order valence-corrected chi connectivity index (χ2v) is 5.70. The molecule has 1 aliphatic carbocycles. The Labute approximate surface area is 119 Å². The molecule has 1 saturated carbocycles. The molecule has 0 radical (unpaired) electrons. The minimum Gasteiger partial charge on any atom is -0.369 e. The van der Waals surface area contributed by atoms with E-state index in [0.29, 0.717) is 11.0 Å². The highest BCUT2D eigenvalue weighted by Gasteiger charge is 2.28. The van der Waals surface area contributed by atoms with Crippen LogP contribution in [0.1, 0.15) is 31.2 Å². The van der Waals surface area contributed by atoms with Crippen molar-refractivity contribution in [3.05, 3.63) is 29.8 Å². The SMILES string of the molecule is O=C(C(=S)NC1CCCC1)N1CCc2ccccc21. The molecule has 1 aliphatic heterocycles. The van der Waals surface area contributed by atoms with E-state index < -0.39 is 0 Å². The minimum absolute atomic E-state index is 0.0492. The Bertz CT molecular complexity index is 509. The fourth-order valence-corrected chi connectivity index (χ4v) is 3.27. The van der Waals surface area contributed by atoms with E-state index in [1.54, 1.807) is 4.90 Å². The summed E-state index contributed by atoms with van der Waals surface area (Å²) in [4.78, 5) is 14.6. The Morgan fingerprint density at radius 3 is 2.79 bits per heavy atom. The molecule has 3 rings (SSSR count). The van der Waals surface area contributed by atoms with Gasteiger partial charge in [0, 0.05) is 18.3 Å². The number of hydrogen-bond donors (Lipinski definition) is 1. The van der Waals surface area contributed by atoms with Crippen LogP contribution in [0.5, 0.6) is 0 Å². The molecule has 1 N–H and O–H groups in total. The Hall–Kier alpha value is -1.42. The zero-order chi connectivity index (χ0) is 13.2. The quantitative estimate of drug-likeness (QED) is 0.798. The lowest BCUT2D eigenvalue weighted by Crippen LogP contribution is -2.44. The van der Waals surface area contributed by atoms with Crippen LogP contribution in [0.3, 0.4) is 0 Å². The van der Waals surface area contributed by atoms with Crippen molar-refractivity contribution in [2.45, 2.75) is 38.1 Å². The molecule has 0 unspecified atom stereocenters. The molecule has 0 atom stereocenters. The van der Waals surface area contributed by atoms with Crippen molar-refractivity contribution in [2.24, 2.45) is 0 Å². The summed E-state index contributed by atoms with van der Waals surface area (Å²) >= 11 is 5.28. The predicted octanol–water partition coefficient (Wildman–Crippen LogP) is 2.44. The minimum atomic E-state index is -0.0492. The first-order chi connectivity index (χ1) is 9.25. The van der Waals surface area contributed by atoms with Gasteiger partial charge < -0.3 is 10.2 Å². The molecule has 1 amide bonds. The van der Waals surface area contributed by atoms with Gasteiger partial charge in [-0.1, -0.05) is 43.3 Å². The van der Waals surface area contributed by atoms with Crippen LogP contribution < -0.4 is 10.2 Å². The number of fused-ring (bicyclic) bond motifs is 1. The van der Waals surface area contributed by atoms with Crippen LogP contribution in [-0.2, 0) is 11.2 Å². The van der Waals surface area contributed by atoms with Gasteiger partial charge in [-0.2, -0.15) is 0 Å². The van der Waals surface area contributed by atoms with Crippen LogP contribution in [0.25, 0.3) is 0 Å². The maximum absolute atomic E-state index is 12.4. The molecule has 2 aliphatic rings. The van der Waals surface area contributed by atoms with Crippen LogP contribution in [0.15, 0.2) is 24.3 Å². The third kappa shape index (κ3) is 2.50. The lowest BCUT2D eigenvalue weighted by atomic mass is 10.2. The lowest BCUT2D eigenvalue weighted by Gasteiger charge is -2.20. The largest absolute Gasteiger partial charge is 0.369 e. The van der Waals surface area contributed by atoms with Crippen LogP contribution in [0.2, 0.25) is 0 Å². The standard InChI is InChI=1S/C15H18N2OS/c18-15(14(19)16-12-6-2-3-7-12)17-10-9-11-5-1-4-8-13(11)17/h1,4-5,8,12H,2-3,6-7,9-10H2,(H,16,19). The summed E-state index contributed by atoms with van der Waals surface area (Å²) in [5, 5.41) is 3.23. The van der Waals surface area contributed by atoms with E-state index in [1.165, 1.54) is 18.4 Å². The van der Waals surface area contributed by atoms with Gasteiger partial charge in [0.1, 0.15) is 0 Å². The van der Waals surface area contributed by atoms with E-state index in [4.69, 9.17) is 12.2 Å². The zero-order valence-corrected chi connectivity index (χ0v) is 11.7. The Kier molecular flexibility index (Phi) is 3.51. The van der Waals surface area contributed by atoms with Crippen LogP contribution in [-0.4, -0.2) is 23.5 Å². The fourth-order valence-electron chi connectivity index (χ4n) is 2.99. The van der Waals surface area contributed by atoms with Gasteiger partial charge in [-0.15, -0.1) is 0 Å². The monoisotopic (exact) mass is 274 g/mol. The number of carbonyl (C=O) groups excluding carboxylic acids is 1. The van der Waals surface area contributed by atoms with E-state index in [-0.39, 0.29) is 5.91 Å². The van der Waals surface area contributed by atoms with Crippen molar-refractivity contribution in [1.29, 1.82) is 0 Å². The highest BCUT2D eigenvalue weighted by atomic mass is 32.1. The van der Waals surface area contributed by atoms with Gasteiger partial charge in [-0.05, 0) is 30.9 Å². The maximum Gasteiger partial charge on any atom is 0.285 e.